The Morgan fingerprint density at radius 2 is 2.00 bits per heavy atom. The second-order valence-electron chi connectivity index (χ2n) is 6.16. The van der Waals surface area contributed by atoms with Crippen molar-refractivity contribution in [2.45, 2.75) is 64.7 Å². The van der Waals surface area contributed by atoms with Crippen LogP contribution in [0.15, 0.2) is 0 Å². The van der Waals surface area contributed by atoms with Gasteiger partial charge in [-0.15, -0.1) is 0 Å². The highest BCUT2D eigenvalue weighted by atomic mass is 16.5. The largest absolute Gasteiger partial charge is 0.382 e. The molecular formula is C14H29NO2. The molecule has 102 valence electrons. The van der Waals surface area contributed by atoms with Gasteiger partial charge in [0.25, 0.3) is 0 Å². The third-order valence-electron chi connectivity index (χ3n) is 3.78. The minimum atomic E-state index is -0.0522. The molecular weight excluding hydrogens is 214 g/mol. The van der Waals surface area contributed by atoms with Crippen molar-refractivity contribution in [3.8, 4) is 0 Å². The summed E-state index contributed by atoms with van der Waals surface area (Å²) >= 11 is 0. The van der Waals surface area contributed by atoms with Gasteiger partial charge in [-0.3, -0.25) is 0 Å². The fourth-order valence-electron chi connectivity index (χ4n) is 3.13. The molecule has 3 nitrogen and oxygen atoms in total. The summed E-state index contributed by atoms with van der Waals surface area (Å²) in [5.74, 6) is 0.544. The van der Waals surface area contributed by atoms with Crippen LogP contribution in [-0.4, -0.2) is 37.5 Å². The second-order valence-corrected chi connectivity index (χ2v) is 6.16. The Bertz CT molecular complexity index is 238. The van der Waals surface area contributed by atoms with E-state index in [0.717, 1.165) is 26.1 Å². The summed E-state index contributed by atoms with van der Waals surface area (Å²) in [5.41, 5.74) is -0.0573. The van der Waals surface area contributed by atoms with E-state index in [0.29, 0.717) is 12.0 Å². The Morgan fingerprint density at radius 1 is 1.35 bits per heavy atom. The third kappa shape index (κ3) is 3.94. The molecule has 2 atom stereocenters. The Kier molecular flexibility index (Phi) is 4.99. The highest BCUT2D eigenvalue weighted by molar-refractivity contribution is 4.99. The molecule has 1 heterocycles. The highest BCUT2D eigenvalue weighted by Crippen LogP contribution is 2.44. The lowest BCUT2D eigenvalue weighted by Gasteiger charge is -2.32. The monoisotopic (exact) mass is 243 g/mol. The number of rotatable bonds is 6. The molecule has 1 rings (SSSR count). The van der Waals surface area contributed by atoms with Crippen LogP contribution in [0.4, 0.5) is 0 Å². The maximum atomic E-state index is 6.16. The van der Waals surface area contributed by atoms with Crippen molar-refractivity contribution in [2.24, 2.45) is 5.92 Å². The third-order valence-corrected chi connectivity index (χ3v) is 3.78. The molecule has 1 aliphatic rings. The molecule has 0 aromatic rings. The van der Waals surface area contributed by atoms with Crippen LogP contribution in [0.3, 0.4) is 0 Å². The van der Waals surface area contributed by atoms with E-state index in [4.69, 9.17) is 9.47 Å². The van der Waals surface area contributed by atoms with Gasteiger partial charge in [0.2, 0.25) is 0 Å². The average Bonchev–Trinajstić information content (AvgIpc) is 2.42. The normalized spacial score (nSPS) is 28.2. The molecule has 1 N–H and O–H groups in total. The van der Waals surface area contributed by atoms with Crippen molar-refractivity contribution < 1.29 is 9.47 Å². The minimum absolute atomic E-state index is 0.00508. The minimum Gasteiger partial charge on any atom is -0.382 e. The zero-order chi connectivity index (χ0) is 13.1. The Balaban J connectivity index is 2.62. The van der Waals surface area contributed by atoms with Gasteiger partial charge in [0.05, 0.1) is 11.2 Å². The first-order valence-electron chi connectivity index (χ1n) is 6.77. The molecule has 17 heavy (non-hydrogen) atoms. The predicted molar refractivity (Wildman–Crippen MR) is 71.3 cm³/mol. The van der Waals surface area contributed by atoms with E-state index in [1.807, 2.05) is 14.0 Å². The van der Waals surface area contributed by atoms with Gasteiger partial charge in [0, 0.05) is 25.2 Å². The molecule has 1 aliphatic heterocycles. The van der Waals surface area contributed by atoms with Crippen LogP contribution in [0, 0.1) is 5.92 Å². The molecule has 1 saturated heterocycles. The van der Waals surface area contributed by atoms with E-state index in [1.165, 1.54) is 0 Å². The molecule has 1 fully saturated rings. The van der Waals surface area contributed by atoms with Crippen molar-refractivity contribution >= 4 is 0 Å². The summed E-state index contributed by atoms with van der Waals surface area (Å²) in [6.45, 7) is 12.4. The lowest BCUT2D eigenvalue weighted by atomic mass is 9.80. The summed E-state index contributed by atoms with van der Waals surface area (Å²) in [6.07, 6.45) is 2.16. The Hall–Kier alpha value is -0.120. The SMILES string of the molecule is CCOCCC(NC)C1CC(C)(C)OC1(C)C. The standard InChI is InChI=1S/C14H29NO2/c1-7-16-9-8-12(15-6)11-10-13(2,3)17-14(11,4)5/h11-12,15H,7-10H2,1-6H3. The Labute approximate surface area is 106 Å². The van der Waals surface area contributed by atoms with Gasteiger partial charge in [0.1, 0.15) is 0 Å². The Morgan fingerprint density at radius 3 is 2.41 bits per heavy atom. The molecule has 2 unspecified atom stereocenters. The van der Waals surface area contributed by atoms with Gasteiger partial charge in [-0.25, -0.2) is 0 Å². The van der Waals surface area contributed by atoms with Gasteiger partial charge in [0.15, 0.2) is 0 Å². The molecule has 0 bridgehead atoms. The second kappa shape index (κ2) is 5.68. The first-order valence-corrected chi connectivity index (χ1v) is 6.77. The zero-order valence-corrected chi connectivity index (χ0v) is 12.3. The van der Waals surface area contributed by atoms with E-state index in [9.17, 15) is 0 Å². The lowest BCUT2D eigenvalue weighted by molar-refractivity contribution is -0.0782. The van der Waals surface area contributed by atoms with Gasteiger partial charge >= 0.3 is 0 Å². The molecule has 0 aromatic heterocycles. The number of nitrogens with one attached hydrogen (secondary N) is 1. The quantitative estimate of drug-likeness (QED) is 0.727. The average molecular weight is 243 g/mol. The van der Waals surface area contributed by atoms with Crippen LogP contribution in [0.25, 0.3) is 0 Å². The fraction of sp³-hybridized carbons (Fsp3) is 1.00. The predicted octanol–water partition coefficient (Wildman–Crippen LogP) is 2.59. The molecule has 3 heteroatoms. The molecule has 0 spiro atoms. The fourth-order valence-corrected chi connectivity index (χ4v) is 3.13. The van der Waals surface area contributed by atoms with Crippen LogP contribution in [0.5, 0.6) is 0 Å². The number of hydrogen-bond acceptors (Lipinski definition) is 3. The zero-order valence-electron chi connectivity index (χ0n) is 12.3. The first kappa shape index (κ1) is 14.9. The van der Waals surface area contributed by atoms with Crippen molar-refractivity contribution in [1.82, 2.24) is 5.32 Å². The molecule has 0 aliphatic carbocycles. The summed E-state index contributed by atoms with van der Waals surface area (Å²) in [6, 6.07) is 0.471. The summed E-state index contributed by atoms with van der Waals surface area (Å²) in [4.78, 5) is 0. The number of ether oxygens (including phenoxy) is 2. The molecule has 0 aromatic carbocycles. The van der Waals surface area contributed by atoms with Crippen LogP contribution in [0.2, 0.25) is 0 Å². The van der Waals surface area contributed by atoms with Crippen molar-refractivity contribution in [1.29, 1.82) is 0 Å². The van der Waals surface area contributed by atoms with Crippen LogP contribution < -0.4 is 5.32 Å². The first-order chi connectivity index (χ1) is 7.82. The number of hydrogen-bond donors (Lipinski definition) is 1. The van der Waals surface area contributed by atoms with Gasteiger partial charge in [-0.1, -0.05) is 0 Å². The van der Waals surface area contributed by atoms with Crippen LogP contribution in [0.1, 0.15) is 47.5 Å². The topological polar surface area (TPSA) is 30.5 Å². The molecule has 0 saturated carbocycles. The summed E-state index contributed by atoms with van der Waals surface area (Å²) < 4.78 is 11.6. The van der Waals surface area contributed by atoms with E-state index in [1.54, 1.807) is 0 Å². The van der Waals surface area contributed by atoms with Crippen molar-refractivity contribution in [3.05, 3.63) is 0 Å². The van der Waals surface area contributed by atoms with Crippen LogP contribution >= 0.6 is 0 Å². The lowest BCUT2D eigenvalue weighted by Crippen LogP contribution is -2.43. The van der Waals surface area contributed by atoms with Gasteiger partial charge < -0.3 is 14.8 Å². The summed E-state index contributed by atoms with van der Waals surface area (Å²) in [5, 5.41) is 3.44. The van der Waals surface area contributed by atoms with Crippen molar-refractivity contribution in [2.75, 3.05) is 20.3 Å². The molecule has 0 radical (unpaired) electrons. The van der Waals surface area contributed by atoms with Crippen LogP contribution in [-0.2, 0) is 9.47 Å². The van der Waals surface area contributed by atoms with E-state index < -0.39 is 0 Å². The van der Waals surface area contributed by atoms with Gasteiger partial charge in [-0.05, 0) is 54.5 Å². The van der Waals surface area contributed by atoms with E-state index in [2.05, 4.69) is 33.0 Å². The molecule has 0 amide bonds. The smallest absolute Gasteiger partial charge is 0.0677 e. The van der Waals surface area contributed by atoms with Gasteiger partial charge in [-0.2, -0.15) is 0 Å². The maximum Gasteiger partial charge on any atom is 0.0677 e. The summed E-state index contributed by atoms with van der Waals surface area (Å²) in [7, 11) is 2.04. The highest BCUT2D eigenvalue weighted by Gasteiger charge is 2.48. The van der Waals surface area contributed by atoms with E-state index >= 15 is 0 Å². The maximum absolute atomic E-state index is 6.16. The van der Waals surface area contributed by atoms with Crippen molar-refractivity contribution in [3.63, 3.8) is 0 Å². The van der Waals surface area contributed by atoms with E-state index in [-0.39, 0.29) is 11.2 Å².